The summed E-state index contributed by atoms with van der Waals surface area (Å²) in [6.45, 7) is 1.07. The predicted octanol–water partition coefficient (Wildman–Crippen LogP) is 2.38. The summed E-state index contributed by atoms with van der Waals surface area (Å²) >= 11 is 0. The Balaban J connectivity index is 1.39. The Morgan fingerprint density at radius 3 is 1.93 bits per heavy atom. The fourth-order valence-electron chi connectivity index (χ4n) is 3.63. The van der Waals surface area contributed by atoms with Crippen LogP contribution >= 0.6 is 0 Å². The molecule has 0 N–H and O–H groups in total. The Morgan fingerprint density at radius 2 is 1.41 bits per heavy atom. The molecule has 3 heterocycles. The Kier molecular flexibility index (Phi) is 4.38. The van der Waals surface area contributed by atoms with Gasteiger partial charge >= 0.3 is 5.97 Å². The van der Waals surface area contributed by atoms with Gasteiger partial charge in [0.2, 0.25) is 13.6 Å². The summed E-state index contributed by atoms with van der Waals surface area (Å²) in [5, 5.41) is 0. The van der Waals surface area contributed by atoms with Crippen molar-refractivity contribution in [3.63, 3.8) is 0 Å². The normalized spacial score (nSPS) is 18.6. The molecule has 0 saturated carbocycles. The highest BCUT2D eigenvalue weighted by Gasteiger charge is 2.33. The number of carbonyl (C=O) groups excluding carboxylic acids is 2. The molecule has 2 aromatic rings. The van der Waals surface area contributed by atoms with Crippen molar-refractivity contribution in [1.82, 2.24) is 4.90 Å². The van der Waals surface area contributed by atoms with Gasteiger partial charge in [-0.15, -0.1) is 0 Å². The van der Waals surface area contributed by atoms with E-state index < -0.39 is 6.10 Å². The van der Waals surface area contributed by atoms with Crippen LogP contribution in [0.1, 0.15) is 24.0 Å². The van der Waals surface area contributed by atoms with Gasteiger partial charge in [0.15, 0.2) is 29.1 Å². The summed E-state index contributed by atoms with van der Waals surface area (Å²) in [7, 11) is 0. The molecule has 29 heavy (non-hydrogen) atoms. The van der Waals surface area contributed by atoms with E-state index in [0.717, 1.165) is 11.1 Å². The van der Waals surface area contributed by atoms with E-state index in [9.17, 15) is 9.59 Å². The molecule has 2 aromatic carbocycles. The van der Waals surface area contributed by atoms with Crippen LogP contribution in [0.15, 0.2) is 36.4 Å². The number of nitrogens with zero attached hydrogens (tertiary/aromatic N) is 1. The largest absolute Gasteiger partial charge is 0.454 e. The molecule has 1 fully saturated rings. The minimum atomic E-state index is -0.745. The van der Waals surface area contributed by atoms with Crippen LogP contribution in [0, 0.1) is 0 Å². The van der Waals surface area contributed by atoms with E-state index in [1.54, 1.807) is 4.90 Å². The van der Waals surface area contributed by atoms with Crippen molar-refractivity contribution in [3.05, 3.63) is 47.5 Å². The first-order chi connectivity index (χ1) is 14.2. The molecule has 150 valence electrons. The average Bonchev–Trinajstić information content (AvgIpc) is 3.46. The minimum Gasteiger partial charge on any atom is -0.454 e. The zero-order chi connectivity index (χ0) is 19.8. The summed E-state index contributed by atoms with van der Waals surface area (Å²) in [6.07, 6.45) is -0.0834. The van der Waals surface area contributed by atoms with E-state index in [2.05, 4.69) is 0 Å². The molecule has 0 bridgehead atoms. The number of rotatable bonds is 5. The third-order valence-corrected chi connectivity index (χ3v) is 5.09. The number of amides is 1. The van der Waals surface area contributed by atoms with Crippen LogP contribution in [0.5, 0.6) is 23.0 Å². The fourth-order valence-corrected chi connectivity index (χ4v) is 3.63. The van der Waals surface area contributed by atoms with Crippen molar-refractivity contribution in [3.8, 4) is 23.0 Å². The summed E-state index contributed by atoms with van der Waals surface area (Å²) < 4.78 is 26.8. The highest BCUT2D eigenvalue weighted by molar-refractivity contribution is 5.86. The van der Waals surface area contributed by atoms with Gasteiger partial charge in [-0.05, 0) is 35.4 Å². The zero-order valence-corrected chi connectivity index (χ0v) is 15.6. The van der Waals surface area contributed by atoms with Gasteiger partial charge in [0.05, 0.1) is 0 Å². The van der Waals surface area contributed by atoms with Crippen molar-refractivity contribution in [2.24, 2.45) is 0 Å². The number of carbonyl (C=O) groups is 2. The lowest BCUT2D eigenvalue weighted by atomic mass is 10.1. The highest BCUT2D eigenvalue weighted by atomic mass is 16.7. The van der Waals surface area contributed by atoms with Gasteiger partial charge in [-0.3, -0.25) is 9.59 Å². The van der Waals surface area contributed by atoms with E-state index in [1.165, 1.54) is 0 Å². The molecule has 8 nitrogen and oxygen atoms in total. The first kappa shape index (κ1) is 17.7. The first-order valence-electron chi connectivity index (χ1n) is 9.41. The van der Waals surface area contributed by atoms with Gasteiger partial charge < -0.3 is 28.6 Å². The highest BCUT2D eigenvalue weighted by Crippen LogP contribution is 2.35. The van der Waals surface area contributed by atoms with Gasteiger partial charge in [0, 0.05) is 25.9 Å². The summed E-state index contributed by atoms with van der Waals surface area (Å²) in [6, 6.07) is 11.2. The maximum Gasteiger partial charge on any atom is 0.306 e. The van der Waals surface area contributed by atoms with Crippen LogP contribution in [-0.2, 0) is 27.4 Å². The third kappa shape index (κ3) is 3.53. The van der Waals surface area contributed by atoms with E-state index in [1.807, 2.05) is 36.4 Å². The van der Waals surface area contributed by atoms with E-state index in [0.29, 0.717) is 42.5 Å². The number of ether oxygens (including phenoxy) is 5. The van der Waals surface area contributed by atoms with Crippen LogP contribution in [0.25, 0.3) is 0 Å². The number of benzene rings is 2. The van der Waals surface area contributed by atoms with Crippen LogP contribution in [0.2, 0.25) is 0 Å². The SMILES string of the molecule is O=C1CC[C@@H](C(=O)N(Cc2ccc3c(c2)OCO3)Cc2ccc3c(c2)OCO3)O1. The monoisotopic (exact) mass is 397 g/mol. The Morgan fingerprint density at radius 1 is 0.862 bits per heavy atom. The molecule has 1 amide bonds. The number of hydrogen-bond donors (Lipinski definition) is 0. The molecular weight excluding hydrogens is 378 g/mol. The maximum atomic E-state index is 13.1. The molecule has 3 aliphatic rings. The van der Waals surface area contributed by atoms with Gasteiger partial charge in [-0.1, -0.05) is 12.1 Å². The smallest absolute Gasteiger partial charge is 0.306 e. The van der Waals surface area contributed by atoms with E-state index in [4.69, 9.17) is 23.7 Å². The first-order valence-corrected chi connectivity index (χ1v) is 9.41. The molecule has 1 atom stereocenters. The van der Waals surface area contributed by atoms with Gasteiger partial charge in [-0.25, -0.2) is 0 Å². The van der Waals surface area contributed by atoms with Crippen molar-refractivity contribution in [2.45, 2.75) is 32.0 Å². The Hall–Kier alpha value is -3.42. The van der Waals surface area contributed by atoms with Crippen LogP contribution in [0.3, 0.4) is 0 Å². The molecule has 1 saturated heterocycles. The predicted molar refractivity (Wildman–Crippen MR) is 98.5 cm³/mol. The summed E-state index contributed by atoms with van der Waals surface area (Å²) in [4.78, 5) is 26.3. The second-order valence-corrected chi connectivity index (χ2v) is 7.09. The molecule has 5 rings (SSSR count). The second kappa shape index (κ2) is 7.20. The zero-order valence-electron chi connectivity index (χ0n) is 15.6. The standard InChI is InChI=1S/C21H19NO7/c23-20-6-5-17(29-20)21(24)22(9-13-1-3-15-18(7-13)27-11-25-15)10-14-2-4-16-19(8-14)28-12-26-16/h1-4,7-8,17H,5-6,9-12H2/t17-/m0/s1. The van der Waals surface area contributed by atoms with Gasteiger partial charge in [-0.2, -0.15) is 0 Å². The molecule has 0 spiro atoms. The summed E-state index contributed by atoms with van der Waals surface area (Å²) in [5.74, 6) is 2.13. The van der Waals surface area contributed by atoms with Crippen molar-refractivity contribution in [2.75, 3.05) is 13.6 Å². The number of esters is 1. The Labute approximate surface area is 166 Å². The average molecular weight is 397 g/mol. The molecule has 8 heteroatoms. The number of hydrogen-bond acceptors (Lipinski definition) is 7. The minimum absolute atomic E-state index is 0.191. The van der Waals surface area contributed by atoms with Crippen LogP contribution in [-0.4, -0.2) is 36.5 Å². The Bertz CT molecular complexity index is 914. The van der Waals surface area contributed by atoms with Crippen molar-refractivity contribution in [1.29, 1.82) is 0 Å². The maximum absolute atomic E-state index is 13.1. The second-order valence-electron chi connectivity index (χ2n) is 7.09. The van der Waals surface area contributed by atoms with E-state index in [-0.39, 0.29) is 31.9 Å². The number of fused-ring (bicyclic) bond motifs is 2. The molecule has 0 radical (unpaired) electrons. The topological polar surface area (TPSA) is 83.5 Å². The van der Waals surface area contributed by atoms with Crippen LogP contribution < -0.4 is 18.9 Å². The lowest BCUT2D eigenvalue weighted by Crippen LogP contribution is -2.38. The third-order valence-electron chi connectivity index (χ3n) is 5.09. The van der Waals surface area contributed by atoms with Crippen LogP contribution in [0.4, 0.5) is 0 Å². The quantitative estimate of drug-likeness (QED) is 0.717. The van der Waals surface area contributed by atoms with Gasteiger partial charge in [0.1, 0.15) is 0 Å². The molecular formula is C21H19NO7. The van der Waals surface area contributed by atoms with E-state index >= 15 is 0 Å². The molecule has 3 aliphatic heterocycles. The van der Waals surface area contributed by atoms with Crippen molar-refractivity contribution >= 4 is 11.9 Å². The van der Waals surface area contributed by atoms with Crippen molar-refractivity contribution < 1.29 is 33.3 Å². The molecule has 0 aliphatic carbocycles. The van der Waals surface area contributed by atoms with Gasteiger partial charge in [0.25, 0.3) is 5.91 Å². The lowest BCUT2D eigenvalue weighted by molar-refractivity contribution is -0.153. The molecule has 0 aromatic heterocycles. The number of cyclic esters (lactones) is 1. The fraction of sp³-hybridized carbons (Fsp3) is 0.333. The lowest BCUT2D eigenvalue weighted by Gasteiger charge is -2.25. The molecule has 0 unspecified atom stereocenters. The summed E-state index contributed by atoms with van der Waals surface area (Å²) in [5.41, 5.74) is 1.79.